The number of amides is 1. The second kappa shape index (κ2) is 10.6. The molecule has 2 heterocycles. The van der Waals surface area contributed by atoms with Crippen LogP contribution in [0.25, 0.3) is 33.9 Å². The van der Waals surface area contributed by atoms with Gasteiger partial charge in [-0.3, -0.25) is 4.79 Å². The van der Waals surface area contributed by atoms with Crippen molar-refractivity contribution in [3.05, 3.63) is 60.7 Å². The summed E-state index contributed by atoms with van der Waals surface area (Å²) in [4.78, 5) is 20.4. The largest absolute Gasteiger partial charge is 0.493 e. The van der Waals surface area contributed by atoms with E-state index in [0.29, 0.717) is 28.8 Å². The number of carbonyl (C=O) groups excluding carboxylic acids is 1. The predicted molar refractivity (Wildman–Crippen MR) is 140 cm³/mol. The molecular formula is C26H23N5O5S. The van der Waals surface area contributed by atoms with Crippen LogP contribution in [0.4, 0.5) is 5.69 Å². The number of hydrogen-bond acceptors (Lipinski definition) is 9. The number of ether oxygens (including phenoxy) is 3. The zero-order valence-electron chi connectivity index (χ0n) is 20.3. The Balaban J connectivity index is 1.21. The van der Waals surface area contributed by atoms with E-state index in [9.17, 15) is 4.79 Å². The molecule has 37 heavy (non-hydrogen) atoms. The fraction of sp³-hybridized carbons (Fsp3) is 0.154. The van der Waals surface area contributed by atoms with Crippen molar-refractivity contribution in [1.29, 1.82) is 0 Å². The number of nitrogens with zero attached hydrogens (tertiary/aromatic N) is 3. The fourth-order valence-corrected chi connectivity index (χ4v) is 4.29. The number of fused-ring (bicyclic) bond motifs is 1. The van der Waals surface area contributed by atoms with E-state index in [1.165, 1.54) is 21.3 Å². The van der Waals surface area contributed by atoms with Crippen LogP contribution in [0.1, 0.15) is 0 Å². The van der Waals surface area contributed by atoms with Crippen LogP contribution >= 0.6 is 11.8 Å². The maximum Gasteiger partial charge on any atom is 0.277 e. The third kappa shape index (κ3) is 5.21. The number of benzene rings is 3. The molecule has 0 unspecified atom stereocenters. The number of imidazole rings is 1. The number of aromatic nitrogens is 4. The summed E-state index contributed by atoms with van der Waals surface area (Å²) in [6.07, 6.45) is 0. The van der Waals surface area contributed by atoms with E-state index < -0.39 is 0 Å². The molecule has 5 rings (SSSR count). The van der Waals surface area contributed by atoms with Gasteiger partial charge in [-0.05, 0) is 24.3 Å². The van der Waals surface area contributed by atoms with Gasteiger partial charge in [-0.25, -0.2) is 4.98 Å². The zero-order valence-corrected chi connectivity index (χ0v) is 21.1. The molecule has 0 atom stereocenters. The lowest BCUT2D eigenvalue weighted by molar-refractivity contribution is -0.113. The topological polar surface area (TPSA) is 124 Å². The number of anilines is 1. The number of hydrogen-bond donors (Lipinski definition) is 2. The molecule has 0 bridgehead atoms. The normalized spacial score (nSPS) is 10.9. The van der Waals surface area contributed by atoms with Crippen LogP contribution in [0.5, 0.6) is 17.2 Å². The van der Waals surface area contributed by atoms with Crippen LogP contribution in [-0.2, 0) is 4.79 Å². The molecule has 0 saturated carbocycles. The number of nitrogens with one attached hydrogen (secondary N) is 2. The summed E-state index contributed by atoms with van der Waals surface area (Å²) in [5, 5.41) is 11.3. The Kier molecular flexibility index (Phi) is 6.95. The zero-order chi connectivity index (χ0) is 25.8. The van der Waals surface area contributed by atoms with Gasteiger partial charge in [0.25, 0.3) is 5.22 Å². The predicted octanol–water partition coefficient (Wildman–Crippen LogP) is 5.04. The molecule has 11 heteroatoms. The van der Waals surface area contributed by atoms with E-state index >= 15 is 0 Å². The smallest absolute Gasteiger partial charge is 0.277 e. The summed E-state index contributed by atoms with van der Waals surface area (Å²) in [7, 11) is 4.54. The Labute approximate surface area is 216 Å². The van der Waals surface area contributed by atoms with Crippen molar-refractivity contribution >= 4 is 34.4 Å². The standard InChI is InChI=1S/C26H23N5O5S/c1-33-20-12-17(13-21(34-2)23(20)35-3)27-22(32)14-37-26-31-30-25(36-26)16-10-8-15(9-11-16)24-28-18-6-4-5-7-19(18)29-24/h4-13H,14H2,1-3H3,(H,27,32)(H,28,29). The lowest BCUT2D eigenvalue weighted by Crippen LogP contribution is -2.14. The number of H-pyrrole nitrogens is 1. The summed E-state index contributed by atoms with van der Waals surface area (Å²) in [6, 6.07) is 18.9. The number of methoxy groups -OCH3 is 3. The summed E-state index contributed by atoms with van der Waals surface area (Å²) in [5.41, 5.74) is 4.11. The van der Waals surface area contributed by atoms with Crippen molar-refractivity contribution in [2.24, 2.45) is 0 Å². The molecule has 1 amide bonds. The molecule has 0 aliphatic rings. The highest BCUT2D eigenvalue weighted by atomic mass is 32.2. The van der Waals surface area contributed by atoms with Crippen molar-refractivity contribution in [3.63, 3.8) is 0 Å². The van der Waals surface area contributed by atoms with E-state index in [4.69, 9.17) is 18.6 Å². The monoisotopic (exact) mass is 517 g/mol. The van der Waals surface area contributed by atoms with Gasteiger partial charge in [0.1, 0.15) is 5.82 Å². The first-order valence-corrected chi connectivity index (χ1v) is 12.2. The highest BCUT2D eigenvalue weighted by molar-refractivity contribution is 7.99. The highest BCUT2D eigenvalue weighted by Crippen LogP contribution is 2.40. The van der Waals surface area contributed by atoms with Gasteiger partial charge < -0.3 is 28.9 Å². The Morgan fingerprint density at radius 3 is 2.32 bits per heavy atom. The molecule has 0 spiro atoms. The Hall–Kier alpha value is -4.51. The van der Waals surface area contributed by atoms with E-state index in [0.717, 1.165) is 39.7 Å². The van der Waals surface area contributed by atoms with E-state index in [1.54, 1.807) is 12.1 Å². The summed E-state index contributed by atoms with van der Waals surface area (Å²) in [6.45, 7) is 0. The number of para-hydroxylation sites is 2. The molecule has 3 aromatic carbocycles. The second-order valence-corrected chi connectivity index (χ2v) is 8.73. The number of thioether (sulfide) groups is 1. The van der Waals surface area contributed by atoms with Gasteiger partial charge in [0.2, 0.25) is 17.5 Å². The second-order valence-electron chi connectivity index (χ2n) is 7.80. The molecule has 2 aromatic heterocycles. The van der Waals surface area contributed by atoms with Crippen molar-refractivity contribution in [1.82, 2.24) is 20.2 Å². The summed E-state index contributed by atoms with van der Waals surface area (Å²) < 4.78 is 21.7. The van der Waals surface area contributed by atoms with Gasteiger partial charge >= 0.3 is 0 Å². The lowest BCUT2D eigenvalue weighted by Gasteiger charge is -2.14. The van der Waals surface area contributed by atoms with Crippen molar-refractivity contribution in [3.8, 4) is 40.1 Å². The minimum absolute atomic E-state index is 0.0727. The highest BCUT2D eigenvalue weighted by Gasteiger charge is 2.16. The van der Waals surface area contributed by atoms with Crippen molar-refractivity contribution in [2.45, 2.75) is 5.22 Å². The minimum Gasteiger partial charge on any atom is -0.493 e. The minimum atomic E-state index is -0.255. The number of carbonyl (C=O) groups is 1. The molecule has 2 N–H and O–H groups in total. The molecule has 0 aliphatic heterocycles. The van der Waals surface area contributed by atoms with Gasteiger partial charge in [0.15, 0.2) is 11.5 Å². The fourth-order valence-electron chi connectivity index (χ4n) is 3.72. The first kappa shape index (κ1) is 24.2. The average molecular weight is 518 g/mol. The van der Waals surface area contributed by atoms with E-state index in [2.05, 4.69) is 25.5 Å². The SMILES string of the molecule is COc1cc(NC(=O)CSc2nnc(-c3ccc(-c4nc5ccccc5[nH]4)cc3)o2)cc(OC)c1OC. The summed E-state index contributed by atoms with van der Waals surface area (Å²) >= 11 is 1.14. The first-order chi connectivity index (χ1) is 18.1. The van der Waals surface area contributed by atoms with Crippen LogP contribution in [0, 0.1) is 0 Å². The van der Waals surface area contributed by atoms with Crippen LogP contribution in [0.15, 0.2) is 70.3 Å². The van der Waals surface area contributed by atoms with Gasteiger partial charge in [0.05, 0.1) is 38.1 Å². The summed E-state index contributed by atoms with van der Waals surface area (Å²) in [5.74, 6) is 2.30. The molecular weight excluding hydrogens is 494 g/mol. The van der Waals surface area contributed by atoms with Crippen LogP contribution < -0.4 is 19.5 Å². The van der Waals surface area contributed by atoms with E-state index in [1.807, 2.05) is 48.5 Å². The average Bonchev–Trinajstić information content (AvgIpc) is 3.59. The lowest BCUT2D eigenvalue weighted by atomic mass is 10.1. The van der Waals surface area contributed by atoms with Gasteiger partial charge in [0, 0.05) is 28.9 Å². The number of aromatic amines is 1. The Morgan fingerprint density at radius 1 is 0.946 bits per heavy atom. The third-order valence-corrected chi connectivity index (χ3v) is 6.29. The number of rotatable bonds is 9. The van der Waals surface area contributed by atoms with Gasteiger partial charge in [-0.2, -0.15) is 0 Å². The molecule has 0 aliphatic carbocycles. The van der Waals surface area contributed by atoms with Crippen LogP contribution in [-0.4, -0.2) is 53.2 Å². The Bertz CT molecular complexity index is 1490. The van der Waals surface area contributed by atoms with Crippen LogP contribution in [0.3, 0.4) is 0 Å². The maximum absolute atomic E-state index is 12.5. The third-order valence-electron chi connectivity index (χ3n) is 5.48. The van der Waals surface area contributed by atoms with Gasteiger partial charge in [-0.1, -0.05) is 36.0 Å². The van der Waals surface area contributed by atoms with Crippen molar-refractivity contribution in [2.75, 3.05) is 32.4 Å². The molecule has 10 nitrogen and oxygen atoms in total. The maximum atomic E-state index is 12.5. The molecule has 0 radical (unpaired) electrons. The molecule has 5 aromatic rings. The van der Waals surface area contributed by atoms with E-state index in [-0.39, 0.29) is 16.9 Å². The quantitative estimate of drug-likeness (QED) is 0.259. The van der Waals surface area contributed by atoms with Crippen molar-refractivity contribution < 1.29 is 23.4 Å². The van der Waals surface area contributed by atoms with Gasteiger partial charge in [-0.15, -0.1) is 10.2 Å². The first-order valence-electron chi connectivity index (χ1n) is 11.2. The molecule has 188 valence electrons. The van der Waals surface area contributed by atoms with Crippen LogP contribution in [0.2, 0.25) is 0 Å². The molecule has 0 saturated heterocycles. The Morgan fingerprint density at radius 2 is 1.65 bits per heavy atom. The molecule has 0 fully saturated rings.